The highest BCUT2D eigenvalue weighted by atomic mass is 16.2. The van der Waals surface area contributed by atoms with E-state index in [9.17, 15) is 9.59 Å². The zero-order valence-corrected chi connectivity index (χ0v) is 14.7. The third-order valence-corrected chi connectivity index (χ3v) is 3.68. The highest BCUT2D eigenvalue weighted by Crippen LogP contribution is 2.20. The minimum atomic E-state index is -0.361. The number of likely N-dealkylation sites (N-methyl/N-ethyl adjacent to an activating group) is 1. The van der Waals surface area contributed by atoms with Crippen LogP contribution in [0.2, 0.25) is 0 Å². The van der Waals surface area contributed by atoms with Gasteiger partial charge in [-0.1, -0.05) is 32.9 Å². The van der Waals surface area contributed by atoms with Gasteiger partial charge in [0.25, 0.3) is 0 Å². The van der Waals surface area contributed by atoms with Gasteiger partial charge < -0.3 is 10.2 Å². The van der Waals surface area contributed by atoms with E-state index in [0.29, 0.717) is 19.6 Å². The molecule has 5 heteroatoms. The van der Waals surface area contributed by atoms with E-state index in [1.807, 2.05) is 13.8 Å². The lowest BCUT2D eigenvalue weighted by molar-refractivity contribution is -0.139. The van der Waals surface area contributed by atoms with Crippen LogP contribution in [0.4, 0.5) is 0 Å². The van der Waals surface area contributed by atoms with Crippen molar-refractivity contribution < 1.29 is 9.59 Å². The number of carbonyl (C=O) groups is 2. The first-order valence-electron chi connectivity index (χ1n) is 8.08. The fraction of sp³-hybridized carbons (Fsp3) is 0.765. The standard InChI is InChI=1S/C17H31N3O2/c1-7-19(11-13(2)3)15(21)10-14-16(22)18-8-9-20(14)12-17(4,5)6/h14H,2,7-12H2,1,3-6H3,(H,18,22)/t14-/m0/s1. The van der Waals surface area contributed by atoms with E-state index in [1.165, 1.54) is 0 Å². The lowest BCUT2D eigenvalue weighted by Crippen LogP contribution is -2.58. The van der Waals surface area contributed by atoms with Crippen molar-refractivity contribution in [2.24, 2.45) is 5.41 Å². The molecule has 1 aliphatic rings. The highest BCUT2D eigenvalue weighted by molar-refractivity contribution is 5.89. The Balaban J connectivity index is 2.78. The van der Waals surface area contributed by atoms with Crippen molar-refractivity contribution in [1.82, 2.24) is 15.1 Å². The topological polar surface area (TPSA) is 52.7 Å². The number of amides is 2. The van der Waals surface area contributed by atoms with Crippen LogP contribution in [0, 0.1) is 5.41 Å². The molecular weight excluding hydrogens is 278 g/mol. The molecular formula is C17H31N3O2. The molecule has 0 aromatic rings. The summed E-state index contributed by atoms with van der Waals surface area (Å²) in [5.41, 5.74) is 1.05. The summed E-state index contributed by atoms with van der Waals surface area (Å²) in [6.07, 6.45) is 0.239. The molecule has 0 bridgehead atoms. The van der Waals surface area contributed by atoms with Gasteiger partial charge >= 0.3 is 0 Å². The van der Waals surface area contributed by atoms with Gasteiger partial charge in [-0.05, 0) is 19.3 Å². The summed E-state index contributed by atoms with van der Waals surface area (Å²) in [6.45, 7) is 17.6. The predicted octanol–water partition coefficient (Wildman–Crippen LogP) is 1.65. The molecule has 1 heterocycles. The molecule has 1 atom stereocenters. The second-order valence-corrected chi connectivity index (χ2v) is 7.41. The Bertz CT molecular complexity index is 426. The third kappa shape index (κ3) is 5.79. The van der Waals surface area contributed by atoms with E-state index < -0.39 is 0 Å². The van der Waals surface area contributed by atoms with Gasteiger partial charge in [-0.25, -0.2) is 0 Å². The van der Waals surface area contributed by atoms with Gasteiger partial charge in [0.1, 0.15) is 0 Å². The molecule has 0 aliphatic carbocycles. The molecule has 0 saturated carbocycles. The summed E-state index contributed by atoms with van der Waals surface area (Å²) in [7, 11) is 0. The van der Waals surface area contributed by atoms with Gasteiger partial charge in [0.05, 0.1) is 12.5 Å². The molecule has 1 rings (SSSR count). The van der Waals surface area contributed by atoms with Crippen molar-refractivity contribution >= 4 is 11.8 Å². The summed E-state index contributed by atoms with van der Waals surface area (Å²) in [5.74, 6) is -0.0123. The predicted molar refractivity (Wildman–Crippen MR) is 89.5 cm³/mol. The smallest absolute Gasteiger partial charge is 0.237 e. The third-order valence-electron chi connectivity index (χ3n) is 3.68. The van der Waals surface area contributed by atoms with Crippen LogP contribution in [0.1, 0.15) is 41.0 Å². The largest absolute Gasteiger partial charge is 0.353 e. The maximum absolute atomic E-state index is 12.5. The van der Waals surface area contributed by atoms with Gasteiger partial charge in [-0.3, -0.25) is 14.5 Å². The zero-order valence-electron chi connectivity index (χ0n) is 14.7. The number of nitrogens with zero attached hydrogens (tertiary/aromatic N) is 2. The van der Waals surface area contributed by atoms with Crippen LogP contribution in [0.5, 0.6) is 0 Å². The maximum Gasteiger partial charge on any atom is 0.237 e. The summed E-state index contributed by atoms with van der Waals surface area (Å²) < 4.78 is 0. The number of piperazine rings is 1. The summed E-state index contributed by atoms with van der Waals surface area (Å²) in [5, 5.41) is 2.88. The van der Waals surface area contributed by atoms with Gasteiger partial charge in [0.2, 0.25) is 11.8 Å². The number of carbonyl (C=O) groups excluding carboxylic acids is 2. The maximum atomic E-state index is 12.5. The van der Waals surface area contributed by atoms with E-state index in [4.69, 9.17) is 0 Å². The molecule has 5 nitrogen and oxygen atoms in total. The van der Waals surface area contributed by atoms with E-state index in [-0.39, 0.29) is 29.7 Å². The van der Waals surface area contributed by atoms with E-state index in [2.05, 4.69) is 37.6 Å². The molecule has 0 spiro atoms. The minimum Gasteiger partial charge on any atom is -0.353 e. The fourth-order valence-corrected chi connectivity index (χ4v) is 2.78. The molecule has 0 aromatic carbocycles. The number of hydrogen-bond acceptors (Lipinski definition) is 3. The monoisotopic (exact) mass is 309 g/mol. The molecule has 0 radical (unpaired) electrons. The van der Waals surface area contributed by atoms with Crippen LogP contribution in [0.15, 0.2) is 12.2 Å². The number of hydrogen-bond donors (Lipinski definition) is 1. The van der Waals surface area contributed by atoms with Crippen molar-refractivity contribution in [3.8, 4) is 0 Å². The Labute approximate surface area is 134 Å². The molecule has 0 unspecified atom stereocenters. The average molecular weight is 309 g/mol. The lowest BCUT2D eigenvalue weighted by Gasteiger charge is -2.39. The minimum absolute atomic E-state index is 0.0199. The molecule has 2 amide bonds. The Kier molecular flexibility index (Phi) is 6.60. The van der Waals surface area contributed by atoms with Crippen molar-refractivity contribution in [2.45, 2.75) is 47.1 Å². The molecule has 1 N–H and O–H groups in total. The first-order valence-corrected chi connectivity index (χ1v) is 8.08. The first kappa shape index (κ1) is 18.7. The molecule has 1 fully saturated rings. The second-order valence-electron chi connectivity index (χ2n) is 7.41. The van der Waals surface area contributed by atoms with Crippen molar-refractivity contribution in [3.05, 3.63) is 12.2 Å². The van der Waals surface area contributed by atoms with Crippen molar-refractivity contribution in [3.63, 3.8) is 0 Å². The molecule has 1 saturated heterocycles. The van der Waals surface area contributed by atoms with Crippen molar-refractivity contribution in [2.75, 3.05) is 32.7 Å². The van der Waals surface area contributed by atoms with Crippen molar-refractivity contribution in [1.29, 1.82) is 0 Å². The van der Waals surface area contributed by atoms with Crippen LogP contribution >= 0.6 is 0 Å². The Morgan fingerprint density at radius 3 is 2.59 bits per heavy atom. The van der Waals surface area contributed by atoms with Gasteiger partial charge in [0.15, 0.2) is 0 Å². The Morgan fingerprint density at radius 2 is 2.09 bits per heavy atom. The van der Waals surface area contributed by atoms with Crippen LogP contribution in [0.3, 0.4) is 0 Å². The van der Waals surface area contributed by atoms with E-state index >= 15 is 0 Å². The molecule has 22 heavy (non-hydrogen) atoms. The summed E-state index contributed by atoms with van der Waals surface area (Å²) >= 11 is 0. The van der Waals surface area contributed by atoms with Crippen LogP contribution in [-0.2, 0) is 9.59 Å². The fourth-order valence-electron chi connectivity index (χ4n) is 2.78. The zero-order chi connectivity index (χ0) is 16.9. The van der Waals surface area contributed by atoms with Gasteiger partial charge in [-0.2, -0.15) is 0 Å². The van der Waals surface area contributed by atoms with E-state index in [0.717, 1.165) is 18.7 Å². The quantitative estimate of drug-likeness (QED) is 0.759. The number of nitrogens with one attached hydrogen (secondary N) is 1. The SMILES string of the molecule is C=C(C)CN(CC)C(=O)C[C@H]1C(=O)NCCN1CC(C)(C)C. The Morgan fingerprint density at radius 1 is 1.45 bits per heavy atom. The van der Waals surface area contributed by atoms with Gasteiger partial charge in [-0.15, -0.1) is 0 Å². The molecule has 0 aromatic heterocycles. The Hall–Kier alpha value is -1.36. The van der Waals surface area contributed by atoms with Gasteiger partial charge in [0, 0.05) is 32.7 Å². The average Bonchev–Trinajstić information content (AvgIpc) is 2.37. The second kappa shape index (κ2) is 7.77. The number of rotatable bonds is 6. The molecule has 1 aliphatic heterocycles. The lowest BCUT2D eigenvalue weighted by atomic mass is 9.94. The van der Waals surface area contributed by atoms with E-state index in [1.54, 1.807) is 4.90 Å². The van der Waals surface area contributed by atoms with Crippen LogP contribution in [-0.4, -0.2) is 60.4 Å². The first-order chi connectivity index (χ1) is 10.1. The molecule has 126 valence electrons. The summed E-state index contributed by atoms with van der Waals surface area (Å²) in [6, 6.07) is -0.361. The normalized spacial score (nSPS) is 19.7. The summed E-state index contributed by atoms with van der Waals surface area (Å²) in [4.78, 5) is 28.6. The van der Waals surface area contributed by atoms with Crippen LogP contribution < -0.4 is 5.32 Å². The highest BCUT2D eigenvalue weighted by Gasteiger charge is 2.34. The van der Waals surface area contributed by atoms with Crippen LogP contribution in [0.25, 0.3) is 0 Å².